The molecule has 4 nitrogen and oxygen atoms in total. The second-order valence-electron chi connectivity index (χ2n) is 5.31. The first-order chi connectivity index (χ1) is 10.8. The van der Waals surface area contributed by atoms with Crippen molar-refractivity contribution in [1.29, 1.82) is 0 Å². The fraction of sp³-hybridized carbons (Fsp3) is 0.278. The molecular formula is C18H18N2O2. The van der Waals surface area contributed by atoms with Crippen LogP contribution in [0.5, 0.6) is 5.75 Å². The molecule has 0 saturated heterocycles. The first kappa shape index (κ1) is 14.4. The summed E-state index contributed by atoms with van der Waals surface area (Å²) in [6.45, 7) is 0. The van der Waals surface area contributed by atoms with Crippen molar-refractivity contribution in [2.45, 2.75) is 32.1 Å². The van der Waals surface area contributed by atoms with Crippen LogP contribution in [0.15, 0.2) is 54.4 Å². The fourth-order valence-corrected chi connectivity index (χ4v) is 2.49. The number of carbonyl (C=O) groups excluding carboxylic acids is 1. The molecule has 0 spiro atoms. The molecule has 0 N–H and O–H groups in total. The van der Waals surface area contributed by atoms with Gasteiger partial charge in [0.05, 0.1) is 0 Å². The Bertz CT molecular complexity index is 663. The molecule has 3 rings (SSSR count). The molecule has 1 aliphatic carbocycles. The normalized spacial score (nSPS) is 14.8. The molecule has 0 bridgehead atoms. The van der Waals surface area contributed by atoms with E-state index >= 15 is 0 Å². The molecule has 0 aliphatic heterocycles. The van der Waals surface area contributed by atoms with Gasteiger partial charge in [0.1, 0.15) is 5.75 Å². The van der Waals surface area contributed by atoms with Crippen molar-refractivity contribution in [2.75, 3.05) is 0 Å². The minimum absolute atomic E-state index is 0.231. The van der Waals surface area contributed by atoms with E-state index in [1.54, 1.807) is 30.6 Å². The summed E-state index contributed by atoms with van der Waals surface area (Å²) in [5.41, 5.74) is 1.70. The van der Waals surface area contributed by atoms with Gasteiger partial charge in [-0.05, 0) is 56.0 Å². The predicted molar refractivity (Wildman–Crippen MR) is 84.3 cm³/mol. The van der Waals surface area contributed by atoms with Gasteiger partial charge in [-0.15, -0.1) is 0 Å². The SMILES string of the molecule is O=C(Oc1ccc(-c2ncccn2)cc1)C1=CCCCCC1. The zero-order valence-corrected chi connectivity index (χ0v) is 12.4. The van der Waals surface area contributed by atoms with Crippen LogP contribution in [0.2, 0.25) is 0 Å². The minimum Gasteiger partial charge on any atom is -0.423 e. The van der Waals surface area contributed by atoms with Gasteiger partial charge in [0, 0.05) is 23.5 Å². The number of hydrogen-bond donors (Lipinski definition) is 0. The predicted octanol–water partition coefficient (Wildman–Crippen LogP) is 3.94. The van der Waals surface area contributed by atoms with Gasteiger partial charge in [-0.25, -0.2) is 14.8 Å². The lowest BCUT2D eigenvalue weighted by Gasteiger charge is -2.07. The molecule has 0 fully saturated rings. The second kappa shape index (κ2) is 6.98. The Labute approximate surface area is 129 Å². The van der Waals surface area contributed by atoms with Gasteiger partial charge in [0.25, 0.3) is 0 Å². The van der Waals surface area contributed by atoms with Crippen molar-refractivity contribution in [1.82, 2.24) is 9.97 Å². The zero-order chi connectivity index (χ0) is 15.2. The first-order valence-corrected chi connectivity index (χ1v) is 7.61. The van der Waals surface area contributed by atoms with E-state index in [-0.39, 0.29) is 5.97 Å². The summed E-state index contributed by atoms with van der Waals surface area (Å²) in [6, 6.07) is 9.06. The molecule has 0 atom stereocenters. The van der Waals surface area contributed by atoms with E-state index in [0.717, 1.165) is 36.8 Å². The van der Waals surface area contributed by atoms with Gasteiger partial charge < -0.3 is 4.74 Å². The third kappa shape index (κ3) is 3.58. The van der Waals surface area contributed by atoms with E-state index in [0.29, 0.717) is 11.6 Å². The summed E-state index contributed by atoms with van der Waals surface area (Å²) in [7, 11) is 0. The Morgan fingerprint density at radius 3 is 2.55 bits per heavy atom. The van der Waals surface area contributed by atoms with Crippen LogP contribution in [0.4, 0.5) is 0 Å². The van der Waals surface area contributed by atoms with Crippen molar-refractivity contribution in [2.24, 2.45) is 0 Å². The van der Waals surface area contributed by atoms with E-state index in [4.69, 9.17) is 4.74 Å². The third-order valence-corrected chi connectivity index (χ3v) is 3.69. The van der Waals surface area contributed by atoms with E-state index < -0.39 is 0 Å². The van der Waals surface area contributed by atoms with Gasteiger partial charge in [-0.1, -0.05) is 12.5 Å². The zero-order valence-electron chi connectivity index (χ0n) is 12.4. The molecule has 1 aromatic carbocycles. The standard InChI is InChI=1S/C18H18N2O2/c21-18(15-6-3-1-2-4-7-15)22-16-10-8-14(9-11-16)17-19-12-5-13-20-17/h5-6,8-13H,1-4,7H2. The molecule has 1 aromatic heterocycles. The van der Waals surface area contributed by atoms with Gasteiger partial charge >= 0.3 is 5.97 Å². The fourth-order valence-electron chi connectivity index (χ4n) is 2.49. The van der Waals surface area contributed by atoms with Gasteiger partial charge in [0.2, 0.25) is 0 Å². The number of carbonyl (C=O) groups is 1. The lowest BCUT2D eigenvalue weighted by Crippen LogP contribution is -2.11. The smallest absolute Gasteiger partial charge is 0.339 e. The van der Waals surface area contributed by atoms with Crippen molar-refractivity contribution in [3.05, 3.63) is 54.4 Å². The van der Waals surface area contributed by atoms with Crippen LogP contribution in [-0.4, -0.2) is 15.9 Å². The molecule has 2 aromatic rings. The average Bonchev–Trinajstić information content (AvgIpc) is 2.86. The molecule has 0 amide bonds. The van der Waals surface area contributed by atoms with Crippen molar-refractivity contribution in [3.8, 4) is 17.1 Å². The quantitative estimate of drug-likeness (QED) is 0.635. The maximum atomic E-state index is 12.2. The highest BCUT2D eigenvalue weighted by atomic mass is 16.5. The van der Waals surface area contributed by atoms with Crippen molar-refractivity contribution in [3.63, 3.8) is 0 Å². The summed E-state index contributed by atoms with van der Waals surface area (Å²) in [6.07, 6.45) is 10.6. The molecule has 0 unspecified atom stereocenters. The minimum atomic E-state index is -0.231. The molecule has 4 heteroatoms. The average molecular weight is 294 g/mol. The highest BCUT2D eigenvalue weighted by Gasteiger charge is 2.13. The van der Waals surface area contributed by atoms with E-state index in [1.165, 1.54) is 6.42 Å². The Kier molecular flexibility index (Phi) is 4.59. The highest BCUT2D eigenvalue weighted by Crippen LogP contribution is 2.22. The summed E-state index contributed by atoms with van der Waals surface area (Å²) >= 11 is 0. The molecule has 0 radical (unpaired) electrons. The van der Waals surface area contributed by atoms with Crippen LogP contribution >= 0.6 is 0 Å². The largest absolute Gasteiger partial charge is 0.423 e. The monoisotopic (exact) mass is 294 g/mol. The number of hydrogen-bond acceptors (Lipinski definition) is 4. The number of aromatic nitrogens is 2. The Balaban J connectivity index is 1.68. The summed E-state index contributed by atoms with van der Waals surface area (Å²) in [5.74, 6) is 0.979. The van der Waals surface area contributed by atoms with Gasteiger partial charge in [0.15, 0.2) is 5.82 Å². The van der Waals surface area contributed by atoms with Crippen LogP contribution in [-0.2, 0) is 4.79 Å². The summed E-state index contributed by atoms with van der Waals surface area (Å²) < 4.78 is 5.45. The van der Waals surface area contributed by atoms with Gasteiger partial charge in [-0.3, -0.25) is 0 Å². The van der Waals surface area contributed by atoms with Crippen LogP contribution < -0.4 is 4.74 Å². The molecule has 1 aliphatic rings. The molecule has 1 heterocycles. The van der Waals surface area contributed by atoms with Crippen molar-refractivity contribution >= 4 is 5.97 Å². The first-order valence-electron chi connectivity index (χ1n) is 7.61. The number of nitrogens with zero attached hydrogens (tertiary/aromatic N) is 2. The topological polar surface area (TPSA) is 52.1 Å². The second-order valence-corrected chi connectivity index (χ2v) is 5.31. The van der Waals surface area contributed by atoms with Gasteiger partial charge in [-0.2, -0.15) is 0 Å². The van der Waals surface area contributed by atoms with Crippen molar-refractivity contribution < 1.29 is 9.53 Å². The number of allylic oxidation sites excluding steroid dienone is 1. The maximum Gasteiger partial charge on any atom is 0.339 e. The lowest BCUT2D eigenvalue weighted by atomic mass is 10.1. The third-order valence-electron chi connectivity index (χ3n) is 3.69. The van der Waals surface area contributed by atoms with Crippen LogP contribution in [0, 0.1) is 0 Å². The van der Waals surface area contributed by atoms with Crippen LogP contribution in [0.1, 0.15) is 32.1 Å². The molecule has 112 valence electrons. The highest BCUT2D eigenvalue weighted by molar-refractivity contribution is 5.90. The molecular weight excluding hydrogens is 276 g/mol. The summed E-state index contributed by atoms with van der Waals surface area (Å²) in [4.78, 5) is 20.6. The number of esters is 1. The Morgan fingerprint density at radius 2 is 1.77 bits per heavy atom. The van der Waals surface area contributed by atoms with E-state index in [9.17, 15) is 4.79 Å². The van der Waals surface area contributed by atoms with Crippen LogP contribution in [0.3, 0.4) is 0 Å². The number of rotatable bonds is 3. The van der Waals surface area contributed by atoms with E-state index in [2.05, 4.69) is 9.97 Å². The van der Waals surface area contributed by atoms with Crippen LogP contribution in [0.25, 0.3) is 11.4 Å². The lowest BCUT2D eigenvalue weighted by molar-refractivity contribution is -0.130. The van der Waals surface area contributed by atoms with E-state index in [1.807, 2.05) is 18.2 Å². The number of ether oxygens (including phenoxy) is 1. The summed E-state index contributed by atoms with van der Waals surface area (Å²) in [5, 5.41) is 0. The Morgan fingerprint density at radius 1 is 1.00 bits per heavy atom. The maximum absolute atomic E-state index is 12.2. The molecule has 22 heavy (non-hydrogen) atoms. The number of benzene rings is 1. The molecule has 0 saturated carbocycles. The Hall–Kier alpha value is -2.49.